The number of ether oxygens (including phenoxy) is 1. The summed E-state index contributed by atoms with van der Waals surface area (Å²) in [4.78, 5) is 40.2. The molecule has 2 atom stereocenters. The summed E-state index contributed by atoms with van der Waals surface area (Å²) in [5.41, 5.74) is 3.88. The number of cyclic esters (lactones) is 1. The molecule has 0 spiro atoms. The molecule has 1 saturated heterocycles. The maximum absolute atomic E-state index is 13.3. The summed E-state index contributed by atoms with van der Waals surface area (Å²) in [5, 5.41) is 5.90. The first-order chi connectivity index (χ1) is 17.5. The summed E-state index contributed by atoms with van der Waals surface area (Å²) in [6.07, 6.45) is 0.968. The fourth-order valence-electron chi connectivity index (χ4n) is 4.33. The molecule has 0 bridgehead atoms. The molecular weight excluding hydrogens is 454 g/mol. The van der Waals surface area contributed by atoms with E-state index >= 15 is 0 Å². The monoisotopic (exact) mass is 483 g/mol. The summed E-state index contributed by atoms with van der Waals surface area (Å²) in [5.74, 6) is 0.0938. The highest BCUT2D eigenvalue weighted by Crippen LogP contribution is 2.35. The van der Waals surface area contributed by atoms with Crippen LogP contribution in [0.5, 0.6) is 0 Å². The Morgan fingerprint density at radius 1 is 0.944 bits per heavy atom. The predicted octanol–water partition coefficient (Wildman–Crippen LogP) is 4.84. The molecule has 2 unspecified atom stereocenters. The van der Waals surface area contributed by atoms with Crippen molar-refractivity contribution in [3.63, 3.8) is 0 Å². The number of anilines is 1. The number of aryl methyl sites for hydroxylation is 1. The van der Waals surface area contributed by atoms with Crippen LogP contribution in [-0.4, -0.2) is 35.4 Å². The number of carbonyl (C=O) groups is 3. The van der Waals surface area contributed by atoms with Crippen molar-refractivity contribution < 1.29 is 19.1 Å². The van der Waals surface area contributed by atoms with E-state index in [1.807, 2.05) is 49.4 Å². The molecule has 1 aliphatic carbocycles. The highest BCUT2D eigenvalue weighted by Gasteiger charge is 2.47. The zero-order valence-corrected chi connectivity index (χ0v) is 20.1. The summed E-state index contributed by atoms with van der Waals surface area (Å²) in [7, 11) is 0. The molecule has 3 amide bonds. The molecule has 1 saturated carbocycles. The lowest BCUT2D eigenvalue weighted by atomic mass is 10.00. The van der Waals surface area contributed by atoms with Gasteiger partial charge >= 0.3 is 6.09 Å². The molecule has 184 valence electrons. The number of rotatable bonds is 8. The maximum Gasteiger partial charge on any atom is 0.411 e. The van der Waals surface area contributed by atoms with Gasteiger partial charge in [0.1, 0.15) is 0 Å². The van der Waals surface area contributed by atoms with Crippen LogP contribution in [0.15, 0.2) is 78.9 Å². The van der Waals surface area contributed by atoms with E-state index in [1.54, 1.807) is 36.4 Å². The molecule has 2 aliphatic rings. The van der Waals surface area contributed by atoms with Gasteiger partial charge < -0.3 is 15.4 Å². The highest BCUT2D eigenvalue weighted by atomic mass is 16.6. The van der Waals surface area contributed by atoms with Crippen molar-refractivity contribution in [3.8, 4) is 0 Å². The highest BCUT2D eigenvalue weighted by molar-refractivity contribution is 6.04. The molecule has 36 heavy (non-hydrogen) atoms. The van der Waals surface area contributed by atoms with E-state index in [1.165, 1.54) is 4.90 Å². The maximum atomic E-state index is 13.3. The Bertz CT molecular complexity index is 1240. The molecule has 2 N–H and O–H groups in total. The largest absolute Gasteiger partial charge is 0.438 e. The fraction of sp³-hybridized carbons (Fsp3) is 0.276. The average molecular weight is 484 g/mol. The van der Waals surface area contributed by atoms with Crippen LogP contribution in [0.3, 0.4) is 0 Å². The number of benzene rings is 3. The summed E-state index contributed by atoms with van der Waals surface area (Å²) >= 11 is 0. The second-order valence-corrected chi connectivity index (χ2v) is 9.49. The Morgan fingerprint density at radius 2 is 1.64 bits per heavy atom. The van der Waals surface area contributed by atoms with Gasteiger partial charge in [-0.2, -0.15) is 0 Å². The zero-order valence-electron chi connectivity index (χ0n) is 20.1. The van der Waals surface area contributed by atoms with Crippen LogP contribution in [0.25, 0.3) is 0 Å². The molecule has 0 aromatic heterocycles. The Labute approximate surface area is 210 Å². The molecule has 2 fully saturated rings. The van der Waals surface area contributed by atoms with Crippen LogP contribution in [0.2, 0.25) is 0 Å². The van der Waals surface area contributed by atoms with Gasteiger partial charge in [0.2, 0.25) is 5.91 Å². The lowest BCUT2D eigenvalue weighted by Gasteiger charge is -2.24. The molecule has 5 rings (SSSR count). The van der Waals surface area contributed by atoms with Gasteiger partial charge in [0.25, 0.3) is 5.91 Å². The van der Waals surface area contributed by atoms with Gasteiger partial charge in [-0.05, 0) is 61.1 Å². The molecule has 1 heterocycles. The van der Waals surface area contributed by atoms with Gasteiger partial charge in [-0.1, -0.05) is 60.2 Å². The first kappa shape index (κ1) is 23.6. The van der Waals surface area contributed by atoms with Crippen molar-refractivity contribution >= 4 is 23.6 Å². The van der Waals surface area contributed by atoms with E-state index in [-0.39, 0.29) is 18.4 Å². The van der Waals surface area contributed by atoms with Gasteiger partial charge in [-0.15, -0.1) is 0 Å². The molecular formula is C29H29N3O4. The van der Waals surface area contributed by atoms with Gasteiger partial charge in [0.15, 0.2) is 12.1 Å². The standard InChI is InChI=1S/C29H29N3O4/c1-19-7-11-23(12-8-19)27(33)31-24-15-13-22(14-16-24)26-25(28(34)30-17-20-9-10-20)32(29(35)36-26)18-21-5-3-2-4-6-21/h2-8,11-16,20,25-26H,9-10,17-18H2,1H3,(H,30,34)(H,31,33). The lowest BCUT2D eigenvalue weighted by Crippen LogP contribution is -2.46. The minimum atomic E-state index is -0.788. The molecule has 7 heteroatoms. The third-order valence-corrected chi connectivity index (χ3v) is 6.62. The minimum absolute atomic E-state index is 0.207. The van der Waals surface area contributed by atoms with Gasteiger partial charge in [-0.25, -0.2) is 4.79 Å². The van der Waals surface area contributed by atoms with Crippen LogP contribution >= 0.6 is 0 Å². The molecule has 1 aliphatic heterocycles. The number of nitrogens with one attached hydrogen (secondary N) is 2. The Balaban J connectivity index is 1.33. The molecule has 7 nitrogen and oxygen atoms in total. The van der Waals surface area contributed by atoms with E-state index in [9.17, 15) is 14.4 Å². The number of carbonyl (C=O) groups excluding carboxylic acids is 3. The number of amides is 3. The third kappa shape index (κ3) is 5.40. The van der Waals surface area contributed by atoms with E-state index < -0.39 is 18.2 Å². The number of nitrogens with zero attached hydrogens (tertiary/aromatic N) is 1. The summed E-state index contributed by atoms with van der Waals surface area (Å²) < 4.78 is 5.73. The molecule has 3 aromatic rings. The first-order valence-corrected chi connectivity index (χ1v) is 12.2. The minimum Gasteiger partial charge on any atom is -0.438 e. The number of hydrogen-bond donors (Lipinski definition) is 2. The van der Waals surface area contributed by atoms with E-state index in [4.69, 9.17) is 4.74 Å². The Hall–Kier alpha value is -4.13. The normalized spacial score (nSPS) is 19.0. The van der Waals surface area contributed by atoms with Gasteiger partial charge in [0.05, 0.1) is 6.54 Å². The SMILES string of the molecule is Cc1ccc(C(=O)Nc2ccc(C3OC(=O)N(Cc4ccccc4)C3C(=O)NCC3CC3)cc2)cc1. The quantitative estimate of drug-likeness (QED) is 0.480. The summed E-state index contributed by atoms with van der Waals surface area (Å²) in [6.45, 7) is 2.86. The second-order valence-electron chi connectivity index (χ2n) is 9.49. The van der Waals surface area contributed by atoms with Crippen molar-refractivity contribution in [2.45, 2.75) is 38.5 Å². The fourth-order valence-corrected chi connectivity index (χ4v) is 4.33. The molecule has 0 radical (unpaired) electrons. The van der Waals surface area contributed by atoms with Crippen molar-refractivity contribution in [1.29, 1.82) is 0 Å². The first-order valence-electron chi connectivity index (χ1n) is 12.2. The summed E-state index contributed by atoms with van der Waals surface area (Å²) in [6, 6.07) is 23.2. The van der Waals surface area contributed by atoms with Crippen molar-refractivity contribution in [2.75, 3.05) is 11.9 Å². The van der Waals surface area contributed by atoms with Crippen molar-refractivity contribution in [2.24, 2.45) is 5.92 Å². The topological polar surface area (TPSA) is 87.7 Å². The van der Waals surface area contributed by atoms with Crippen LogP contribution < -0.4 is 10.6 Å². The van der Waals surface area contributed by atoms with Crippen LogP contribution in [0.4, 0.5) is 10.5 Å². The average Bonchev–Trinajstić information content (AvgIpc) is 3.67. The van der Waals surface area contributed by atoms with E-state index in [2.05, 4.69) is 10.6 Å². The van der Waals surface area contributed by atoms with Crippen LogP contribution in [0.1, 0.15) is 46.0 Å². The van der Waals surface area contributed by atoms with Crippen molar-refractivity contribution in [3.05, 3.63) is 101 Å². The predicted molar refractivity (Wildman–Crippen MR) is 136 cm³/mol. The van der Waals surface area contributed by atoms with Crippen LogP contribution in [0, 0.1) is 12.8 Å². The van der Waals surface area contributed by atoms with Gasteiger partial charge in [0, 0.05) is 17.8 Å². The van der Waals surface area contributed by atoms with Crippen molar-refractivity contribution in [1.82, 2.24) is 10.2 Å². The lowest BCUT2D eigenvalue weighted by molar-refractivity contribution is -0.126. The number of hydrogen-bond acceptors (Lipinski definition) is 4. The van der Waals surface area contributed by atoms with E-state index in [0.29, 0.717) is 29.3 Å². The second kappa shape index (κ2) is 10.2. The Morgan fingerprint density at radius 3 is 2.31 bits per heavy atom. The van der Waals surface area contributed by atoms with E-state index in [0.717, 1.165) is 24.0 Å². The molecule has 3 aromatic carbocycles. The van der Waals surface area contributed by atoms with Crippen LogP contribution in [-0.2, 0) is 16.1 Å². The zero-order chi connectivity index (χ0) is 25.1. The smallest absolute Gasteiger partial charge is 0.411 e. The van der Waals surface area contributed by atoms with Gasteiger partial charge in [-0.3, -0.25) is 14.5 Å². The Kier molecular flexibility index (Phi) is 6.71. The third-order valence-electron chi connectivity index (χ3n) is 6.62.